The summed E-state index contributed by atoms with van der Waals surface area (Å²) >= 11 is 0. The van der Waals surface area contributed by atoms with E-state index >= 15 is 0 Å². The molecule has 2 nitrogen and oxygen atoms in total. The fourth-order valence-corrected chi connectivity index (χ4v) is 3.47. The van der Waals surface area contributed by atoms with Crippen molar-refractivity contribution in [1.82, 2.24) is 0 Å². The average molecular weight is 332 g/mol. The van der Waals surface area contributed by atoms with Gasteiger partial charge in [0.05, 0.1) is 0 Å². The Hall–Kier alpha value is -1.31. The van der Waals surface area contributed by atoms with Gasteiger partial charge < -0.3 is 5.73 Å². The molecule has 24 heavy (non-hydrogen) atoms. The minimum Gasteiger partial charge on any atom is -0.366 e. The molecule has 1 aromatic rings. The Labute approximate surface area is 149 Å². The van der Waals surface area contributed by atoms with Gasteiger partial charge in [0.15, 0.2) is 0 Å². The van der Waals surface area contributed by atoms with Gasteiger partial charge in [-0.15, -0.1) is 0 Å². The zero-order valence-electron chi connectivity index (χ0n) is 16.1. The van der Waals surface area contributed by atoms with Gasteiger partial charge in [-0.2, -0.15) is 0 Å². The van der Waals surface area contributed by atoms with Gasteiger partial charge in [0.1, 0.15) is 0 Å². The number of unbranched alkanes of at least 4 members (excludes halogenated alkanes) is 8. The summed E-state index contributed by atoms with van der Waals surface area (Å²) in [6, 6.07) is 4.04. The van der Waals surface area contributed by atoms with E-state index in [2.05, 4.69) is 26.8 Å². The van der Waals surface area contributed by atoms with E-state index in [4.69, 9.17) is 5.73 Å². The molecule has 0 saturated heterocycles. The third-order valence-corrected chi connectivity index (χ3v) is 5.04. The Morgan fingerprint density at radius 2 is 1.42 bits per heavy atom. The molecule has 1 aromatic carbocycles. The number of hydrogen-bond donors (Lipinski definition) is 1. The van der Waals surface area contributed by atoms with Crippen molar-refractivity contribution in [3.8, 4) is 0 Å². The summed E-state index contributed by atoms with van der Waals surface area (Å²) in [6.45, 7) is 6.55. The van der Waals surface area contributed by atoms with Gasteiger partial charge in [0.25, 0.3) is 0 Å². The first kappa shape index (κ1) is 20.7. The summed E-state index contributed by atoms with van der Waals surface area (Å²) in [4.78, 5) is 11.6. The lowest BCUT2D eigenvalue weighted by Crippen LogP contribution is -2.14. The first-order chi connectivity index (χ1) is 11.6. The molecule has 136 valence electrons. The molecule has 0 atom stereocenters. The quantitative estimate of drug-likeness (QED) is 0.435. The highest BCUT2D eigenvalue weighted by atomic mass is 16.1. The maximum Gasteiger partial charge on any atom is 0.248 e. The molecule has 0 spiro atoms. The molecule has 0 saturated carbocycles. The standard InChI is InChI=1S/C22H37NO/c1-4-6-8-9-10-11-12-13-15-20-18(3)21(22(23)24)17-16-19(20)14-7-5-2/h16-17H,4-15H2,1-3H3,(H2,23,24). The van der Waals surface area contributed by atoms with Crippen LogP contribution >= 0.6 is 0 Å². The zero-order chi connectivity index (χ0) is 17.8. The van der Waals surface area contributed by atoms with Crippen LogP contribution in [0.15, 0.2) is 12.1 Å². The largest absolute Gasteiger partial charge is 0.366 e. The highest BCUT2D eigenvalue weighted by Gasteiger charge is 2.12. The number of nitrogens with two attached hydrogens (primary N) is 1. The number of benzene rings is 1. The molecule has 2 heteroatoms. The smallest absolute Gasteiger partial charge is 0.248 e. The zero-order valence-corrected chi connectivity index (χ0v) is 16.1. The summed E-state index contributed by atoms with van der Waals surface area (Å²) in [5.41, 5.74) is 10.1. The number of hydrogen-bond acceptors (Lipinski definition) is 1. The Bertz CT molecular complexity index is 493. The van der Waals surface area contributed by atoms with Crippen molar-refractivity contribution in [3.05, 3.63) is 34.4 Å². The highest BCUT2D eigenvalue weighted by Crippen LogP contribution is 2.23. The third-order valence-electron chi connectivity index (χ3n) is 5.04. The van der Waals surface area contributed by atoms with Crippen LogP contribution in [-0.4, -0.2) is 5.91 Å². The lowest BCUT2D eigenvalue weighted by Gasteiger charge is -2.15. The Balaban J connectivity index is 2.57. The van der Waals surface area contributed by atoms with Crippen LogP contribution in [-0.2, 0) is 12.8 Å². The van der Waals surface area contributed by atoms with Crippen LogP contribution in [0, 0.1) is 6.92 Å². The van der Waals surface area contributed by atoms with Gasteiger partial charge in [-0.25, -0.2) is 0 Å². The molecule has 0 fully saturated rings. The van der Waals surface area contributed by atoms with E-state index in [1.165, 1.54) is 75.3 Å². The first-order valence-electron chi connectivity index (χ1n) is 10.0. The van der Waals surface area contributed by atoms with Gasteiger partial charge in [0.2, 0.25) is 5.91 Å². The lowest BCUT2D eigenvalue weighted by molar-refractivity contribution is 0.0999. The third kappa shape index (κ3) is 7.07. The SMILES string of the molecule is CCCCCCCCCCc1c(CCCC)ccc(C(N)=O)c1C. The summed E-state index contributed by atoms with van der Waals surface area (Å²) in [5.74, 6) is -0.299. The summed E-state index contributed by atoms with van der Waals surface area (Å²) in [5, 5.41) is 0. The van der Waals surface area contributed by atoms with Crippen LogP contribution in [0.2, 0.25) is 0 Å². The predicted octanol–water partition coefficient (Wildman–Crippen LogP) is 6.12. The van der Waals surface area contributed by atoms with Crippen molar-refractivity contribution in [3.63, 3.8) is 0 Å². The molecule has 0 bridgehead atoms. The normalized spacial score (nSPS) is 11.0. The van der Waals surface area contributed by atoms with Crippen molar-refractivity contribution in [2.24, 2.45) is 5.73 Å². The molecule has 0 aliphatic heterocycles. The van der Waals surface area contributed by atoms with Gasteiger partial charge in [-0.3, -0.25) is 4.79 Å². The van der Waals surface area contributed by atoms with E-state index < -0.39 is 0 Å². The molecule has 1 amide bonds. The van der Waals surface area contributed by atoms with Gasteiger partial charge >= 0.3 is 0 Å². The fourth-order valence-electron chi connectivity index (χ4n) is 3.47. The van der Waals surface area contributed by atoms with E-state index in [1.54, 1.807) is 0 Å². The highest BCUT2D eigenvalue weighted by molar-refractivity contribution is 5.94. The van der Waals surface area contributed by atoms with E-state index in [-0.39, 0.29) is 5.91 Å². The van der Waals surface area contributed by atoms with E-state index in [1.807, 2.05) is 6.07 Å². The maximum absolute atomic E-state index is 11.6. The van der Waals surface area contributed by atoms with Crippen LogP contribution in [0.3, 0.4) is 0 Å². The predicted molar refractivity (Wildman–Crippen MR) is 105 cm³/mol. The molecule has 0 aliphatic carbocycles. The summed E-state index contributed by atoms with van der Waals surface area (Å²) in [7, 11) is 0. The molecular formula is C22H37NO. The Morgan fingerprint density at radius 3 is 2.00 bits per heavy atom. The monoisotopic (exact) mass is 331 g/mol. The topological polar surface area (TPSA) is 43.1 Å². The van der Waals surface area contributed by atoms with Crippen LogP contribution in [0.25, 0.3) is 0 Å². The second-order valence-corrected chi connectivity index (χ2v) is 7.07. The number of rotatable bonds is 13. The fraction of sp³-hybridized carbons (Fsp3) is 0.682. The van der Waals surface area contributed by atoms with Crippen molar-refractivity contribution in [1.29, 1.82) is 0 Å². The van der Waals surface area contributed by atoms with Crippen LogP contribution in [0.4, 0.5) is 0 Å². The van der Waals surface area contributed by atoms with E-state index in [0.29, 0.717) is 5.56 Å². The minimum absolute atomic E-state index is 0.299. The van der Waals surface area contributed by atoms with Crippen molar-refractivity contribution in [2.45, 2.75) is 97.8 Å². The lowest BCUT2D eigenvalue weighted by atomic mass is 9.90. The molecule has 2 N–H and O–H groups in total. The molecular weight excluding hydrogens is 294 g/mol. The minimum atomic E-state index is -0.299. The number of amides is 1. The van der Waals surface area contributed by atoms with Crippen LogP contribution in [0.1, 0.15) is 105 Å². The van der Waals surface area contributed by atoms with Crippen molar-refractivity contribution >= 4 is 5.91 Å². The van der Waals surface area contributed by atoms with Gasteiger partial charge in [-0.05, 0) is 55.4 Å². The average Bonchev–Trinajstić information content (AvgIpc) is 2.56. The number of aryl methyl sites for hydroxylation is 1. The summed E-state index contributed by atoms with van der Waals surface area (Å²) < 4.78 is 0. The molecule has 0 aliphatic rings. The molecule has 1 rings (SSSR count). The second kappa shape index (κ2) is 12.1. The van der Waals surface area contributed by atoms with Gasteiger partial charge in [-0.1, -0.05) is 71.3 Å². The number of carbonyl (C=O) groups is 1. The Morgan fingerprint density at radius 1 is 0.833 bits per heavy atom. The molecule has 0 aromatic heterocycles. The number of carbonyl (C=O) groups excluding carboxylic acids is 1. The summed E-state index contributed by atoms with van der Waals surface area (Å²) in [6.07, 6.45) is 15.3. The van der Waals surface area contributed by atoms with Crippen LogP contribution < -0.4 is 5.73 Å². The van der Waals surface area contributed by atoms with Crippen molar-refractivity contribution < 1.29 is 4.79 Å². The number of primary amides is 1. The molecule has 0 heterocycles. The molecule has 0 unspecified atom stereocenters. The van der Waals surface area contributed by atoms with E-state index in [9.17, 15) is 4.79 Å². The van der Waals surface area contributed by atoms with E-state index in [0.717, 1.165) is 18.4 Å². The van der Waals surface area contributed by atoms with Crippen LogP contribution in [0.5, 0.6) is 0 Å². The molecule has 0 radical (unpaired) electrons. The second-order valence-electron chi connectivity index (χ2n) is 7.07. The van der Waals surface area contributed by atoms with Gasteiger partial charge in [0, 0.05) is 5.56 Å². The Kier molecular flexibility index (Phi) is 10.5. The first-order valence-corrected chi connectivity index (χ1v) is 10.0. The van der Waals surface area contributed by atoms with Crippen molar-refractivity contribution in [2.75, 3.05) is 0 Å². The maximum atomic E-state index is 11.6.